The molecule has 2 aromatic heterocycles. The quantitative estimate of drug-likeness (QED) is 0.746. The number of hydrogen-bond acceptors (Lipinski definition) is 4. The number of phenolic OH excluding ortho intramolecular Hbond substituents is 1. The molecule has 3 aromatic rings. The third-order valence-electron chi connectivity index (χ3n) is 2.72. The van der Waals surface area contributed by atoms with E-state index in [4.69, 9.17) is 4.74 Å². The van der Waals surface area contributed by atoms with Gasteiger partial charge in [0.15, 0.2) is 11.5 Å². The van der Waals surface area contributed by atoms with Crippen LogP contribution < -0.4 is 4.74 Å². The van der Waals surface area contributed by atoms with Crippen molar-refractivity contribution in [2.75, 3.05) is 7.11 Å². The standard InChI is InChI=1S/C13H11N3O2/c1-18-11-5-6-16-12(8-11)14-15-13(16)9-3-2-4-10(17)7-9/h2-8,17H,1H3. The highest BCUT2D eigenvalue weighted by atomic mass is 16.5. The fraction of sp³-hybridized carbons (Fsp3) is 0.0769. The normalized spacial score (nSPS) is 10.7. The lowest BCUT2D eigenvalue weighted by Crippen LogP contribution is -1.90. The summed E-state index contributed by atoms with van der Waals surface area (Å²) in [5.41, 5.74) is 1.51. The molecule has 1 N–H and O–H groups in total. The molecule has 0 aliphatic rings. The number of aromatic nitrogens is 3. The van der Waals surface area contributed by atoms with Gasteiger partial charge < -0.3 is 9.84 Å². The van der Waals surface area contributed by atoms with Crippen LogP contribution in [0.2, 0.25) is 0 Å². The molecule has 0 bridgehead atoms. The largest absolute Gasteiger partial charge is 0.508 e. The number of rotatable bonds is 2. The fourth-order valence-electron chi connectivity index (χ4n) is 1.84. The van der Waals surface area contributed by atoms with E-state index in [1.54, 1.807) is 31.4 Å². The molecule has 0 unspecified atom stereocenters. The lowest BCUT2D eigenvalue weighted by Gasteiger charge is -2.02. The number of pyridine rings is 1. The summed E-state index contributed by atoms with van der Waals surface area (Å²) < 4.78 is 6.98. The van der Waals surface area contributed by atoms with E-state index in [0.717, 1.165) is 11.3 Å². The molecule has 0 saturated carbocycles. The van der Waals surface area contributed by atoms with Crippen molar-refractivity contribution in [3.8, 4) is 22.9 Å². The van der Waals surface area contributed by atoms with E-state index in [9.17, 15) is 5.11 Å². The van der Waals surface area contributed by atoms with Gasteiger partial charge in [0.1, 0.15) is 11.5 Å². The smallest absolute Gasteiger partial charge is 0.168 e. The van der Waals surface area contributed by atoms with E-state index in [0.29, 0.717) is 11.5 Å². The zero-order valence-electron chi connectivity index (χ0n) is 9.74. The molecule has 3 rings (SSSR count). The first-order valence-electron chi connectivity index (χ1n) is 5.46. The SMILES string of the molecule is COc1ccn2c(-c3cccc(O)c3)nnc2c1. The predicted octanol–water partition coefficient (Wildman–Crippen LogP) is 2.11. The van der Waals surface area contributed by atoms with Crippen molar-refractivity contribution in [2.24, 2.45) is 0 Å². The Hall–Kier alpha value is -2.56. The molecular weight excluding hydrogens is 230 g/mol. The maximum atomic E-state index is 9.49. The zero-order chi connectivity index (χ0) is 12.5. The molecule has 0 spiro atoms. The Morgan fingerprint density at radius 1 is 1.17 bits per heavy atom. The second kappa shape index (κ2) is 4.03. The number of fused-ring (bicyclic) bond motifs is 1. The third-order valence-corrected chi connectivity index (χ3v) is 2.72. The van der Waals surface area contributed by atoms with E-state index in [-0.39, 0.29) is 5.75 Å². The summed E-state index contributed by atoms with van der Waals surface area (Å²) >= 11 is 0. The van der Waals surface area contributed by atoms with E-state index >= 15 is 0 Å². The number of ether oxygens (including phenoxy) is 1. The van der Waals surface area contributed by atoms with Crippen LogP contribution in [0.4, 0.5) is 0 Å². The highest BCUT2D eigenvalue weighted by molar-refractivity contribution is 5.61. The Bertz CT molecular complexity index is 706. The first-order chi connectivity index (χ1) is 8.78. The minimum Gasteiger partial charge on any atom is -0.508 e. The molecule has 5 nitrogen and oxygen atoms in total. The summed E-state index contributed by atoms with van der Waals surface area (Å²) in [6, 6.07) is 10.6. The molecule has 0 aliphatic carbocycles. The molecule has 0 fully saturated rings. The van der Waals surface area contributed by atoms with Crippen LogP contribution in [0.1, 0.15) is 0 Å². The van der Waals surface area contributed by atoms with Crippen molar-refractivity contribution >= 4 is 5.65 Å². The minimum absolute atomic E-state index is 0.206. The van der Waals surface area contributed by atoms with Crippen LogP contribution in [0.3, 0.4) is 0 Å². The second-order valence-electron chi connectivity index (χ2n) is 3.87. The van der Waals surface area contributed by atoms with Crippen LogP contribution in [0.15, 0.2) is 42.6 Å². The maximum absolute atomic E-state index is 9.49. The molecule has 2 heterocycles. The van der Waals surface area contributed by atoms with Crippen molar-refractivity contribution in [1.82, 2.24) is 14.6 Å². The molecule has 0 aliphatic heterocycles. The van der Waals surface area contributed by atoms with Gasteiger partial charge in [-0.2, -0.15) is 0 Å². The second-order valence-corrected chi connectivity index (χ2v) is 3.87. The first-order valence-corrected chi connectivity index (χ1v) is 5.46. The number of hydrogen-bond donors (Lipinski definition) is 1. The molecule has 90 valence electrons. The third kappa shape index (κ3) is 1.66. The summed E-state index contributed by atoms with van der Waals surface area (Å²) in [6.45, 7) is 0. The van der Waals surface area contributed by atoms with Crippen LogP contribution in [-0.4, -0.2) is 26.8 Å². The van der Waals surface area contributed by atoms with E-state index in [2.05, 4.69) is 10.2 Å². The van der Waals surface area contributed by atoms with Gasteiger partial charge in [-0.05, 0) is 18.2 Å². The molecule has 5 heteroatoms. The zero-order valence-corrected chi connectivity index (χ0v) is 9.74. The Labute approximate surface area is 103 Å². The average molecular weight is 241 g/mol. The monoisotopic (exact) mass is 241 g/mol. The van der Waals surface area contributed by atoms with Crippen LogP contribution in [0, 0.1) is 0 Å². The molecule has 1 aromatic carbocycles. The van der Waals surface area contributed by atoms with Gasteiger partial charge >= 0.3 is 0 Å². The van der Waals surface area contributed by atoms with Gasteiger partial charge in [0.25, 0.3) is 0 Å². The van der Waals surface area contributed by atoms with Gasteiger partial charge in [-0.15, -0.1) is 10.2 Å². The van der Waals surface area contributed by atoms with E-state index < -0.39 is 0 Å². The molecule has 0 radical (unpaired) electrons. The number of methoxy groups -OCH3 is 1. The van der Waals surface area contributed by atoms with Crippen molar-refractivity contribution in [3.63, 3.8) is 0 Å². The molecular formula is C13H11N3O2. The van der Waals surface area contributed by atoms with Crippen molar-refractivity contribution in [1.29, 1.82) is 0 Å². The van der Waals surface area contributed by atoms with Crippen molar-refractivity contribution in [3.05, 3.63) is 42.6 Å². The summed E-state index contributed by atoms with van der Waals surface area (Å²) in [6.07, 6.45) is 1.84. The van der Waals surface area contributed by atoms with E-state index in [1.165, 1.54) is 0 Å². The van der Waals surface area contributed by atoms with Gasteiger partial charge in [-0.25, -0.2) is 0 Å². The van der Waals surface area contributed by atoms with Crippen LogP contribution >= 0.6 is 0 Å². The Morgan fingerprint density at radius 2 is 2.06 bits per heavy atom. The molecule has 0 atom stereocenters. The van der Waals surface area contributed by atoms with Crippen LogP contribution in [0.5, 0.6) is 11.5 Å². The van der Waals surface area contributed by atoms with Gasteiger partial charge in [-0.3, -0.25) is 4.40 Å². The number of aromatic hydroxyl groups is 1. The van der Waals surface area contributed by atoms with Gasteiger partial charge in [0.05, 0.1) is 7.11 Å². The number of nitrogens with zero attached hydrogens (tertiary/aromatic N) is 3. The topological polar surface area (TPSA) is 59.7 Å². The van der Waals surface area contributed by atoms with Crippen molar-refractivity contribution in [2.45, 2.75) is 0 Å². The summed E-state index contributed by atoms with van der Waals surface area (Å²) in [4.78, 5) is 0. The Kier molecular flexibility index (Phi) is 2.37. The predicted molar refractivity (Wildman–Crippen MR) is 66.6 cm³/mol. The minimum atomic E-state index is 0.206. The van der Waals surface area contributed by atoms with Gasteiger partial charge in [0, 0.05) is 17.8 Å². The van der Waals surface area contributed by atoms with Gasteiger partial charge in [0.2, 0.25) is 0 Å². The highest BCUT2D eigenvalue weighted by Crippen LogP contribution is 2.23. The lowest BCUT2D eigenvalue weighted by atomic mass is 10.2. The Balaban J connectivity index is 2.18. The van der Waals surface area contributed by atoms with E-state index in [1.807, 2.05) is 22.7 Å². The number of phenols is 1. The highest BCUT2D eigenvalue weighted by Gasteiger charge is 2.08. The maximum Gasteiger partial charge on any atom is 0.168 e. The van der Waals surface area contributed by atoms with Gasteiger partial charge in [-0.1, -0.05) is 12.1 Å². The molecule has 18 heavy (non-hydrogen) atoms. The summed E-state index contributed by atoms with van der Waals surface area (Å²) in [5, 5.41) is 17.7. The summed E-state index contributed by atoms with van der Waals surface area (Å²) in [7, 11) is 1.61. The van der Waals surface area contributed by atoms with Crippen molar-refractivity contribution < 1.29 is 9.84 Å². The lowest BCUT2D eigenvalue weighted by molar-refractivity contribution is 0.414. The molecule has 0 saturated heterocycles. The first kappa shape index (κ1) is 10.6. The summed E-state index contributed by atoms with van der Waals surface area (Å²) in [5.74, 6) is 1.62. The fourth-order valence-corrected chi connectivity index (χ4v) is 1.84. The average Bonchev–Trinajstić information content (AvgIpc) is 2.81. The van der Waals surface area contributed by atoms with Crippen LogP contribution in [0.25, 0.3) is 17.0 Å². The number of benzene rings is 1. The van der Waals surface area contributed by atoms with Crippen LogP contribution in [-0.2, 0) is 0 Å². The molecule has 0 amide bonds. The Morgan fingerprint density at radius 3 is 2.83 bits per heavy atom.